The minimum atomic E-state index is -0.492. The standard InChI is InChI=1S/C15H22BrNO4/c1-15(2,3)21-14(18)17-7-6-10-8-11(19-4)13(16)12(9-10)20-5/h8-9H,6-7H2,1-5H3,(H,17,18). The molecule has 1 amide bonds. The summed E-state index contributed by atoms with van der Waals surface area (Å²) in [6.45, 7) is 5.97. The minimum Gasteiger partial charge on any atom is -0.495 e. The average molecular weight is 360 g/mol. The summed E-state index contributed by atoms with van der Waals surface area (Å²) in [5, 5.41) is 2.72. The lowest BCUT2D eigenvalue weighted by Crippen LogP contribution is -2.33. The summed E-state index contributed by atoms with van der Waals surface area (Å²) in [6.07, 6.45) is 0.234. The molecule has 0 spiro atoms. The van der Waals surface area contributed by atoms with Crippen LogP contribution in [0.5, 0.6) is 11.5 Å². The van der Waals surface area contributed by atoms with Crippen LogP contribution in [-0.2, 0) is 11.2 Å². The monoisotopic (exact) mass is 359 g/mol. The van der Waals surface area contributed by atoms with Gasteiger partial charge in [-0.1, -0.05) is 0 Å². The van der Waals surface area contributed by atoms with Crippen molar-refractivity contribution in [3.05, 3.63) is 22.2 Å². The second-order valence-electron chi connectivity index (χ2n) is 5.49. The van der Waals surface area contributed by atoms with E-state index < -0.39 is 11.7 Å². The third kappa shape index (κ3) is 5.83. The maximum atomic E-state index is 11.6. The Balaban J connectivity index is 2.62. The van der Waals surface area contributed by atoms with E-state index in [0.717, 1.165) is 10.0 Å². The van der Waals surface area contributed by atoms with Crippen LogP contribution < -0.4 is 14.8 Å². The number of alkyl carbamates (subject to hydrolysis) is 1. The number of methoxy groups -OCH3 is 2. The van der Waals surface area contributed by atoms with Gasteiger partial charge in [-0.2, -0.15) is 0 Å². The van der Waals surface area contributed by atoms with Gasteiger partial charge in [-0.25, -0.2) is 4.79 Å². The second-order valence-corrected chi connectivity index (χ2v) is 6.29. The number of benzene rings is 1. The average Bonchev–Trinajstić information content (AvgIpc) is 2.38. The van der Waals surface area contributed by atoms with Crippen LogP contribution in [0.25, 0.3) is 0 Å². The van der Waals surface area contributed by atoms with E-state index in [4.69, 9.17) is 14.2 Å². The zero-order chi connectivity index (χ0) is 16.0. The molecule has 0 aliphatic heterocycles. The van der Waals surface area contributed by atoms with Crippen LogP contribution in [0.3, 0.4) is 0 Å². The molecule has 21 heavy (non-hydrogen) atoms. The first-order valence-electron chi connectivity index (χ1n) is 6.64. The van der Waals surface area contributed by atoms with Crippen LogP contribution in [0, 0.1) is 0 Å². The molecule has 118 valence electrons. The van der Waals surface area contributed by atoms with Gasteiger partial charge in [-0.3, -0.25) is 0 Å². The smallest absolute Gasteiger partial charge is 0.407 e. The van der Waals surface area contributed by atoms with E-state index in [2.05, 4.69) is 21.2 Å². The van der Waals surface area contributed by atoms with Crippen LogP contribution in [0.1, 0.15) is 26.3 Å². The summed E-state index contributed by atoms with van der Waals surface area (Å²) in [4.78, 5) is 11.6. The van der Waals surface area contributed by atoms with Gasteiger partial charge in [0.2, 0.25) is 0 Å². The summed E-state index contributed by atoms with van der Waals surface area (Å²) in [7, 11) is 3.20. The molecule has 0 aliphatic carbocycles. The van der Waals surface area contributed by atoms with Gasteiger partial charge in [-0.15, -0.1) is 0 Å². The molecule has 1 aromatic carbocycles. The number of ether oxygens (including phenoxy) is 3. The Bertz CT molecular complexity index is 472. The van der Waals surface area contributed by atoms with Gasteiger partial charge in [0.1, 0.15) is 21.6 Å². The van der Waals surface area contributed by atoms with Gasteiger partial charge in [0, 0.05) is 6.54 Å². The molecule has 0 saturated heterocycles. The van der Waals surface area contributed by atoms with Gasteiger partial charge < -0.3 is 19.5 Å². The lowest BCUT2D eigenvalue weighted by Gasteiger charge is -2.19. The molecule has 1 N–H and O–H groups in total. The van der Waals surface area contributed by atoms with Crippen molar-refractivity contribution in [3.8, 4) is 11.5 Å². The predicted octanol–water partition coefficient (Wildman–Crippen LogP) is 3.53. The minimum absolute atomic E-state index is 0.418. The largest absolute Gasteiger partial charge is 0.495 e. The Kier molecular flexibility index (Phi) is 6.33. The molecule has 0 heterocycles. The number of carbonyl (C=O) groups is 1. The van der Waals surface area contributed by atoms with Gasteiger partial charge in [0.05, 0.1) is 14.2 Å². The highest BCUT2D eigenvalue weighted by Crippen LogP contribution is 2.35. The Labute approximate surface area is 134 Å². The predicted molar refractivity (Wildman–Crippen MR) is 85.2 cm³/mol. The Hall–Kier alpha value is -1.43. The van der Waals surface area contributed by atoms with Crippen molar-refractivity contribution < 1.29 is 19.0 Å². The fraction of sp³-hybridized carbons (Fsp3) is 0.533. The molecule has 0 atom stereocenters. The molecule has 0 fully saturated rings. The lowest BCUT2D eigenvalue weighted by atomic mass is 10.1. The van der Waals surface area contributed by atoms with Crippen molar-refractivity contribution in [1.82, 2.24) is 5.32 Å². The number of nitrogens with one attached hydrogen (secondary N) is 1. The van der Waals surface area contributed by atoms with Crippen LogP contribution >= 0.6 is 15.9 Å². The van der Waals surface area contributed by atoms with Crippen LogP contribution in [0.15, 0.2) is 16.6 Å². The van der Waals surface area contributed by atoms with Crippen molar-refractivity contribution >= 4 is 22.0 Å². The molecule has 0 aliphatic rings. The lowest BCUT2D eigenvalue weighted by molar-refractivity contribution is 0.0528. The Morgan fingerprint density at radius 3 is 2.14 bits per heavy atom. The summed E-state index contributed by atoms with van der Waals surface area (Å²) < 4.78 is 16.5. The van der Waals surface area contributed by atoms with Gasteiger partial charge in [-0.05, 0) is 60.8 Å². The van der Waals surface area contributed by atoms with Gasteiger partial charge in [0.15, 0.2) is 0 Å². The second kappa shape index (κ2) is 7.54. The molecule has 1 aromatic rings. The number of hydrogen-bond acceptors (Lipinski definition) is 4. The summed E-state index contributed by atoms with van der Waals surface area (Å²) in [5.41, 5.74) is 0.511. The quantitative estimate of drug-likeness (QED) is 0.873. The van der Waals surface area contributed by atoms with Crippen LogP contribution in [0.4, 0.5) is 4.79 Å². The molecular formula is C15H22BrNO4. The molecule has 0 unspecified atom stereocenters. The van der Waals surface area contributed by atoms with Crippen molar-refractivity contribution in [2.24, 2.45) is 0 Å². The zero-order valence-electron chi connectivity index (χ0n) is 13.1. The fourth-order valence-electron chi connectivity index (χ4n) is 1.69. The molecule has 0 saturated carbocycles. The van der Waals surface area contributed by atoms with E-state index in [1.54, 1.807) is 14.2 Å². The van der Waals surface area contributed by atoms with Crippen LogP contribution in [-0.4, -0.2) is 32.5 Å². The van der Waals surface area contributed by atoms with Gasteiger partial charge >= 0.3 is 6.09 Å². The maximum Gasteiger partial charge on any atom is 0.407 e. The number of hydrogen-bond donors (Lipinski definition) is 1. The third-order valence-corrected chi connectivity index (χ3v) is 3.37. The SMILES string of the molecule is COc1cc(CCNC(=O)OC(C)(C)C)cc(OC)c1Br. The highest BCUT2D eigenvalue weighted by Gasteiger charge is 2.16. The topological polar surface area (TPSA) is 56.8 Å². The molecule has 0 radical (unpaired) electrons. The number of halogens is 1. The van der Waals surface area contributed by atoms with E-state index in [9.17, 15) is 4.79 Å². The number of carbonyl (C=O) groups excluding carboxylic acids is 1. The van der Waals surface area contributed by atoms with Crippen molar-refractivity contribution in [1.29, 1.82) is 0 Å². The maximum absolute atomic E-state index is 11.6. The van der Waals surface area contributed by atoms with E-state index in [1.165, 1.54) is 0 Å². The number of amides is 1. The molecule has 0 aromatic heterocycles. The summed E-state index contributed by atoms with van der Waals surface area (Å²) >= 11 is 3.42. The van der Waals surface area contributed by atoms with E-state index in [0.29, 0.717) is 24.5 Å². The van der Waals surface area contributed by atoms with Crippen molar-refractivity contribution in [2.75, 3.05) is 20.8 Å². The first-order chi connectivity index (χ1) is 9.76. The highest BCUT2D eigenvalue weighted by atomic mass is 79.9. The molecular weight excluding hydrogens is 338 g/mol. The Morgan fingerprint density at radius 2 is 1.71 bits per heavy atom. The molecule has 0 bridgehead atoms. The Morgan fingerprint density at radius 1 is 1.19 bits per heavy atom. The zero-order valence-corrected chi connectivity index (χ0v) is 14.7. The summed E-state index contributed by atoms with van der Waals surface area (Å²) in [6, 6.07) is 3.81. The normalized spacial score (nSPS) is 11.0. The van der Waals surface area contributed by atoms with E-state index in [1.807, 2.05) is 32.9 Å². The first kappa shape index (κ1) is 17.6. The third-order valence-electron chi connectivity index (χ3n) is 2.59. The first-order valence-corrected chi connectivity index (χ1v) is 7.43. The molecule has 5 nitrogen and oxygen atoms in total. The number of rotatable bonds is 5. The van der Waals surface area contributed by atoms with Gasteiger partial charge in [0.25, 0.3) is 0 Å². The highest BCUT2D eigenvalue weighted by molar-refractivity contribution is 9.10. The fourth-order valence-corrected chi connectivity index (χ4v) is 2.24. The van der Waals surface area contributed by atoms with E-state index >= 15 is 0 Å². The summed E-state index contributed by atoms with van der Waals surface area (Å²) in [5.74, 6) is 1.39. The van der Waals surface area contributed by atoms with Crippen molar-refractivity contribution in [2.45, 2.75) is 32.8 Å². The van der Waals surface area contributed by atoms with Crippen molar-refractivity contribution in [3.63, 3.8) is 0 Å². The molecule has 6 heteroatoms. The van der Waals surface area contributed by atoms with E-state index in [-0.39, 0.29) is 0 Å². The van der Waals surface area contributed by atoms with Crippen LogP contribution in [0.2, 0.25) is 0 Å². The molecule has 1 rings (SSSR count).